The van der Waals surface area contributed by atoms with Gasteiger partial charge in [-0.1, -0.05) is 31.9 Å². The molecule has 2 atom stereocenters. The van der Waals surface area contributed by atoms with E-state index in [0.29, 0.717) is 12.3 Å². The van der Waals surface area contributed by atoms with E-state index < -0.39 is 0 Å². The van der Waals surface area contributed by atoms with Crippen molar-refractivity contribution in [2.24, 2.45) is 18.4 Å². The lowest BCUT2D eigenvalue weighted by Gasteiger charge is -2.41. The molecule has 0 spiro atoms. The van der Waals surface area contributed by atoms with E-state index in [1.54, 1.807) is 4.68 Å². The van der Waals surface area contributed by atoms with Crippen LogP contribution in [0, 0.1) is 11.3 Å². The molecule has 4 nitrogen and oxygen atoms in total. The zero-order valence-electron chi connectivity index (χ0n) is 11.1. The molecule has 2 unspecified atom stereocenters. The summed E-state index contributed by atoms with van der Waals surface area (Å²) in [5.74, 6) is 0.387. The molecule has 0 radical (unpaired) electrons. The minimum Gasteiger partial charge on any atom is -0.392 e. The molecule has 1 aromatic rings. The predicted octanol–water partition coefficient (Wildman–Crippen LogP) is 1.93. The Balaban J connectivity index is 2.01. The van der Waals surface area contributed by atoms with Crippen molar-refractivity contribution >= 4 is 0 Å². The second-order valence-corrected chi connectivity index (χ2v) is 6.00. The zero-order chi connectivity index (χ0) is 12.5. The Morgan fingerprint density at radius 1 is 1.53 bits per heavy atom. The maximum atomic E-state index is 10.4. The van der Waals surface area contributed by atoms with Crippen molar-refractivity contribution in [2.75, 3.05) is 0 Å². The number of nitrogens with zero attached hydrogens (tertiary/aromatic N) is 3. The largest absolute Gasteiger partial charge is 0.392 e. The first-order valence-corrected chi connectivity index (χ1v) is 6.52. The van der Waals surface area contributed by atoms with Crippen LogP contribution in [0.2, 0.25) is 0 Å². The number of hydrogen-bond acceptors (Lipinski definition) is 3. The quantitative estimate of drug-likeness (QED) is 0.874. The van der Waals surface area contributed by atoms with E-state index in [4.69, 9.17) is 0 Å². The molecule has 1 saturated carbocycles. The topological polar surface area (TPSA) is 50.9 Å². The number of aryl methyl sites for hydroxylation is 1. The third kappa shape index (κ3) is 2.86. The lowest BCUT2D eigenvalue weighted by atomic mass is 9.66. The molecular formula is C13H23N3O. The summed E-state index contributed by atoms with van der Waals surface area (Å²) < 4.78 is 1.69. The van der Waals surface area contributed by atoms with Gasteiger partial charge in [-0.05, 0) is 24.2 Å². The fourth-order valence-electron chi connectivity index (χ4n) is 3.08. The number of hydrogen-bond donors (Lipinski definition) is 1. The molecule has 0 aromatic carbocycles. The van der Waals surface area contributed by atoms with Crippen LogP contribution in [-0.4, -0.2) is 26.2 Å². The van der Waals surface area contributed by atoms with Crippen LogP contribution in [0.1, 0.15) is 45.2 Å². The Kier molecular flexibility index (Phi) is 3.52. The van der Waals surface area contributed by atoms with Crippen molar-refractivity contribution in [3.05, 3.63) is 11.9 Å². The van der Waals surface area contributed by atoms with E-state index in [2.05, 4.69) is 24.2 Å². The molecule has 2 rings (SSSR count). The molecule has 0 bridgehead atoms. The fraction of sp³-hybridized carbons (Fsp3) is 0.846. The second-order valence-electron chi connectivity index (χ2n) is 6.00. The van der Waals surface area contributed by atoms with Crippen molar-refractivity contribution in [2.45, 2.75) is 52.1 Å². The van der Waals surface area contributed by atoms with Gasteiger partial charge in [-0.25, -0.2) is 0 Å². The van der Waals surface area contributed by atoms with Gasteiger partial charge in [-0.3, -0.25) is 4.68 Å². The third-order valence-electron chi connectivity index (χ3n) is 4.12. The summed E-state index contributed by atoms with van der Waals surface area (Å²) in [5, 5.41) is 18.4. The Morgan fingerprint density at radius 2 is 2.29 bits per heavy atom. The van der Waals surface area contributed by atoms with E-state index in [0.717, 1.165) is 12.1 Å². The first kappa shape index (κ1) is 12.6. The van der Waals surface area contributed by atoms with E-state index in [1.807, 2.05) is 13.2 Å². The van der Waals surface area contributed by atoms with Crippen LogP contribution in [0.25, 0.3) is 0 Å². The summed E-state index contributed by atoms with van der Waals surface area (Å²) in [6, 6.07) is 0. The highest BCUT2D eigenvalue weighted by molar-refractivity contribution is 4.98. The molecule has 0 saturated heterocycles. The summed E-state index contributed by atoms with van der Waals surface area (Å²) in [4.78, 5) is 0. The highest BCUT2D eigenvalue weighted by Crippen LogP contribution is 2.42. The van der Waals surface area contributed by atoms with Crippen molar-refractivity contribution in [1.29, 1.82) is 0 Å². The number of rotatable bonds is 3. The monoisotopic (exact) mass is 237 g/mol. The SMILES string of the molecule is Cn1cc(CC(O)C2CCCCC2(C)C)nn1. The molecule has 1 aliphatic carbocycles. The summed E-state index contributed by atoms with van der Waals surface area (Å²) in [6.07, 6.45) is 7.11. The predicted molar refractivity (Wildman–Crippen MR) is 66.5 cm³/mol. The second kappa shape index (κ2) is 4.77. The van der Waals surface area contributed by atoms with Gasteiger partial charge in [0, 0.05) is 19.7 Å². The summed E-state index contributed by atoms with van der Waals surface area (Å²) in [6.45, 7) is 4.55. The molecule has 0 aliphatic heterocycles. The van der Waals surface area contributed by atoms with Crippen molar-refractivity contribution < 1.29 is 5.11 Å². The van der Waals surface area contributed by atoms with Gasteiger partial charge in [0.25, 0.3) is 0 Å². The van der Waals surface area contributed by atoms with Crippen LogP contribution in [0.5, 0.6) is 0 Å². The van der Waals surface area contributed by atoms with Crippen molar-refractivity contribution in [3.8, 4) is 0 Å². The van der Waals surface area contributed by atoms with Gasteiger partial charge in [0.05, 0.1) is 11.8 Å². The summed E-state index contributed by atoms with van der Waals surface area (Å²) in [7, 11) is 1.85. The van der Waals surface area contributed by atoms with Crippen LogP contribution >= 0.6 is 0 Å². The van der Waals surface area contributed by atoms with E-state index in [9.17, 15) is 5.11 Å². The molecule has 1 heterocycles. The minimum absolute atomic E-state index is 0.250. The maximum absolute atomic E-state index is 10.4. The molecular weight excluding hydrogens is 214 g/mol. The van der Waals surface area contributed by atoms with Gasteiger partial charge in [0.1, 0.15) is 0 Å². The Labute approximate surface area is 103 Å². The van der Waals surface area contributed by atoms with Gasteiger partial charge in [-0.15, -0.1) is 5.10 Å². The molecule has 1 N–H and O–H groups in total. The smallest absolute Gasteiger partial charge is 0.0852 e. The molecule has 0 amide bonds. The molecule has 1 aromatic heterocycles. The van der Waals surface area contributed by atoms with E-state index >= 15 is 0 Å². The normalized spacial score (nSPS) is 25.8. The van der Waals surface area contributed by atoms with Gasteiger partial charge in [-0.2, -0.15) is 0 Å². The van der Waals surface area contributed by atoms with Gasteiger partial charge in [0.2, 0.25) is 0 Å². The molecule has 17 heavy (non-hydrogen) atoms. The molecule has 1 fully saturated rings. The highest BCUT2D eigenvalue weighted by Gasteiger charge is 2.36. The zero-order valence-corrected chi connectivity index (χ0v) is 11.1. The summed E-state index contributed by atoms with van der Waals surface area (Å²) in [5.41, 5.74) is 1.14. The van der Waals surface area contributed by atoms with Crippen molar-refractivity contribution in [3.63, 3.8) is 0 Å². The third-order valence-corrected chi connectivity index (χ3v) is 4.12. The van der Waals surface area contributed by atoms with Crippen molar-refractivity contribution in [1.82, 2.24) is 15.0 Å². The van der Waals surface area contributed by atoms with Crippen LogP contribution in [0.3, 0.4) is 0 Å². The van der Waals surface area contributed by atoms with Crippen LogP contribution in [0.15, 0.2) is 6.20 Å². The van der Waals surface area contributed by atoms with Gasteiger partial charge in [0.15, 0.2) is 0 Å². The Hall–Kier alpha value is -0.900. The van der Waals surface area contributed by atoms with Crippen LogP contribution in [-0.2, 0) is 13.5 Å². The standard InChI is InChI=1S/C13H23N3O/c1-13(2)7-5-4-6-11(13)12(17)8-10-9-16(3)15-14-10/h9,11-12,17H,4-8H2,1-3H3. The number of aliphatic hydroxyl groups is 1. The minimum atomic E-state index is -0.290. The van der Waals surface area contributed by atoms with Gasteiger partial charge < -0.3 is 5.11 Å². The molecule has 96 valence electrons. The first-order chi connectivity index (χ1) is 7.99. The Bertz CT molecular complexity index is 372. The molecule has 1 aliphatic rings. The number of aromatic nitrogens is 3. The van der Waals surface area contributed by atoms with Crippen LogP contribution in [0.4, 0.5) is 0 Å². The maximum Gasteiger partial charge on any atom is 0.0852 e. The number of aliphatic hydroxyl groups excluding tert-OH is 1. The van der Waals surface area contributed by atoms with Crippen LogP contribution < -0.4 is 0 Å². The lowest BCUT2D eigenvalue weighted by molar-refractivity contribution is 0.00530. The van der Waals surface area contributed by atoms with Gasteiger partial charge >= 0.3 is 0 Å². The fourth-order valence-corrected chi connectivity index (χ4v) is 3.08. The first-order valence-electron chi connectivity index (χ1n) is 6.52. The highest BCUT2D eigenvalue weighted by atomic mass is 16.3. The average molecular weight is 237 g/mol. The van der Waals surface area contributed by atoms with E-state index in [-0.39, 0.29) is 11.5 Å². The summed E-state index contributed by atoms with van der Waals surface area (Å²) >= 11 is 0. The van der Waals surface area contributed by atoms with E-state index in [1.165, 1.54) is 19.3 Å². The molecule has 4 heteroatoms. The Morgan fingerprint density at radius 3 is 2.88 bits per heavy atom. The lowest BCUT2D eigenvalue weighted by Crippen LogP contribution is -2.37. The average Bonchev–Trinajstić information content (AvgIpc) is 2.63.